The molecule has 0 aliphatic carbocycles. The van der Waals surface area contributed by atoms with Crippen LogP contribution in [-0.4, -0.2) is 62.6 Å². The molecule has 0 spiro atoms. The lowest BCUT2D eigenvalue weighted by Crippen LogP contribution is -2.48. The molecule has 114 valence electrons. The van der Waals surface area contributed by atoms with Gasteiger partial charge in [-0.05, 0) is 38.1 Å². The first-order chi connectivity index (χ1) is 8.45. The van der Waals surface area contributed by atoms with Gasteiger partial charge in [0.1, 0.15) is 0 Å². The Morgan fingerprint density at radius 2 is 1.84 bits per heavy atom. The van der Waals surface area contributed by atoms with Crippen molar-refractivity contribution in [1.29, 1.82) is 0 Å². The third kappa shape index (κ3) is 5.19. The van der Waals surface area contributed by atoms with Gasteiger partial charge in [-0.2, -0.15) is 0 Å². The predicted molar refractivity (Wildman–Crippen MR) is 80.0 cm³/mol. The molecule has 2 unspecified atom stereocenters. The maximum absolute atomic E-state index is 11.6. The van der Waals surface area contributed by atoms with Crippen molar-refractivity contribution in [2.45, 2.75) is 31.7 Å². The van der Waals surface area contributed by atoms with Crippen molar-refractivity contribution in [2.75, 3.05) is 39.0 Å². The van der Waals surface area contributed by atoms with E-state index in [9.17, 15) is 8.42 Å². The Labute approximate surface area is 123 Å². The first kappa shape index (κ1) is 17.2. The van der Waals surface area contributed by atoms with E-state index in [0.717, 1.165) is 38.9 Å². The van der Waals surface area contributed by atoms with Crippen LogP contribution in [0.3, 0.4) is 0 Å². The van der Waals surface area contributed by atoms with E-state index < -0.39 is 10.0 Å². The molecule has 2 N–H and O–H groups in total. The van der Waals surface area contributed by atoms with Gasteiger partial charge in [-0.25, -0.2) is 12.7 Å². The Morgan fingerprint density at radius 1 is 1.16 bits per heavy atom. The number of likely N-dealkylation sites (tertiary alicyclic amines) is 1. The van der Waals surface area contributed by atoms with E-state index in [1.54, 1.807) is 4.31 Å². The molecule has 0 radical (unpaired) electrons. The van der Waals surface area contributed by atoms with Crippen LogP contribution < -0.4 is 5.73 Å². The van der Waals surface area contributed by atoms with Gasteiger partial charge < -0.3 is 10.6 Å². The molecule has 0 bridgehead atoms. The number of piperidine rings is 2. The number of nitrogens with zero attached hydrogens (tertiary/aromatic N) is 2. The van der Waals surface area contributed by atoms with E-state index in [2.05, 4.69) is 4.90 Å². The van der Waals surface area contributed by atoms with E-state index >= 15 is 0 Å². The maximum atomic E-state index is 11.6. The Balaban J connectivity index is 0.00000180. The van der Waals surface area contributed by atoms with Crippen molar-refractivity contribution < 1.29 is 8.42 Å². The molecule has 0 saturated carbocycles. The first-order valence-corrected chi connectivity index (χ1v) is 8.73. The fraction of sp³-hybridized carbons (Fsp3) is 1.00. The Morgan fingerprint density at radius 3 is 2.47 bits per heavy atom. The average Bonchev–Trinajstić information content (AvgIpc) is 2.28. The largest absolute Gasteiger partial charge is 0.327 e. The minimum atomic E-state index is -3.02. The summed E-state index contributed by atoms with van der Waals surface area (Å²) in [4.78, 5) is 2.41. The molecule has 0 aromatic heterocycles. The summed E-state index contributed by atoms with van der Waals surface area (Å²) < 4.78 is 24.8. The zero-order valence-electron chi connectivity index (χ0n) is 11.6. The number of hydrogen-bond acceptors (Lipinski definition) is 4. The molecular weight excluding hydrogens is 286 g/mol. The normalized spacial score (nSPS) is 30.8. The van der Waals surface area contributed by atoms with Crippen LogP contribution in [0.4, 0.5) is 0 Å². The fourth-order valence-electron chi connectivity index (χ4n) is 3.10. The summed E-state index contributed by atoms with van der Waals surface area (Å²) in [5.74, 6) is 0.471. The zero-order valence-corrected chi connectivity index (χ0v) is 13.3. The molecule has 2 rings (SSSR count). The molecule has 2 aliphatic rings. The molecule has 2 aliphatic heterocycles. The number of hydrogen-bond donors (Lipinski definition) is 1. The minimum Gasteiger partial charge on any atom is -0.327 e. The summed E-state index contributed by atoms with van der Waals surface area (Å²) >= 11 is 0. The number of rotatable bonds is 3. The van der Waals surface area contributed by atoms with Crippen LogP contribution >= 0.6 is 12.4 Å². The van der Waals surface area contributed by atoms with Crippen LogP contribution in [0.1, 0.15) is 25.7 Å². The molecular formula is C12H26ClN3O2S. The van der Waals surface area contributed by atoms with Gasteiger partial charge in [-0.15, -0.1) is 12.4 Å². The van der Waals surface area contributed by atoms with E-state index in [4.69, 9.17) is 5.73 Å². The lowest BCUT2D eigenvalue weighted by Gasteiger charge is -2.37. The van der Waals surface area contributed by atoms with Crippen LogP contribution in [-0.2, 0) is 10.0 Å². The van der Waals surface area contributed by atoms with Crippen molar-refractivity contribution in [3.8, 4) is 0 Å². The molecule has 2 fully saturated rings. The lowest BCUT2D eigenvalue weighted by atomic mass is 9.97. The van der Waals surface area contributed by atoms with Gasteiger partial charge in [0.2, 0.25) is 10.0 Å². The van der Waals surface area contributed by atoms with E-state index in [1.807, 2.05) is 0 Å². The summed E-state index contributed by atoms with van der Waals surface area (Å²) in [6.45, 7) is 4.46. The van der Waals surface area contributed by atoms with Crippen molar-refractivity contribution in [3.05, 3.63) is 0 Å². The highest BCUT2D eigenvalue weighted by atomic mass is 35.5. The topological polar surface area (TPSA) is 66.6 Å². The highest BCUT2D eigenvalue weighted by Crippen LogP contribution is 2.21. The average molecular weight is 312 g/mol. The van der Waals surface area contributed by atoms with E-state index in [1.165, 1.54) is 12.7 Å². The number of nitrogens with two attached hydrogens (primary N) is 1. The number of halogens is 1. The van der Waals surface area contributed by atoms with Gasteiger partial charge in [0.05, 0.1) is 6.26 Å². The van der Waals surface area contributed by atoms with E-state index in [-0.39, 0.29) is 12.4 Å². The summed E-state index contributed by atoms with van der Waals surface area (Å²) in [7, 11) is -3.02. The quantitative estimate of drug-likeness (QED) is 0.824. The molecule has 2 heterocycles. The smallest absolute Gasteiger partial charge is 0.211 e. The SMILES string of the molecule is CS(=O)(=O)N1CCCC(CN2CCCC(N)C2)C1.Cl. The van der Waals surface area contributed by atoms with Crippen molar-refractivity contribution >= 4 is 22.4 Å². The molecule has 0 aromatic rings. The Kier molecular flexibility index (Phi) is 6.53. The van der Waals surface area contributed by atoms with Gasteiger partial charge in [0, 0.05) is 32.2 Å². The number of sulfonamides is 1. The maximum Gasteiger partial charge on any atom is 0.211 e. The van der Waals surface area contributed by atoms with Crippen molar-refractivity contribution in [1.82, 2.24) is 9.21 Å². The van der Waals surface area contributed by atoms with Gasteiger partial charge >= 0.3 is 0 Å². The zero-order chi connectivity index (χ0) is 13.2. The van der Waals surface area contributed by atoms with Crippen LogP contribution in [0.2, 0.25) is 0 Å². The molecule has 19 heavy (non-hydrogen) atoms. The standard InChI is InChI=1S/C12H25N3O2S.ClH/c1-18(16,17)15-7-2-4-11(9-15)8-14-6-3-5-12(13)10-14;/h11-12H,2-10,13H2,1H3;1H. The van der Waals surface area contributed by atoms with Crippen LogP contribution in [0.15, 0.2) is 0 Å². The van der Waals surface area contributed by atoms with Gasteiger partial charge in [0.15, 0.2) is 0 Å². The molecule has 0 aromatic carbocycles. The third-order valence-corrected chi connectivity index (χ3v) is 5.28. The third-order valence-electron chi connectivity index (χ3n) is 4.01. The van der Waals surface area contributed by atoms with Gasteiger partial charge in [0.25, 0.3) is 0 Å². The monoisotopic (exact) mass is 311 g/mol. The summed E-state index contributed by atoms with van der Waals surface area (Å²) in [6, 6.07) is 0.299. The summed E-state index contributed by atoms with van der Waals surface area (Å²) in [6.07, 6.45) is 5.72. The predicted octanol–water partition coefficient (Wildman–Crippen LogP) is 0.503. The summed E-state index contributed by atoms with van der Waals surface area (Å²) in [5, 5.41) is 0. The van der Waals surface area contributed by atoms with Crippen LogP contribution in [0, 0.1) is 5.92 Å². The van der Waals surface area contributed by atoms with Crippen molar-refractivity contribution in [2.24, 2.45) is 11.7 Å². The highest BCUT2D eigenvalue weighted by Gasteiger charge is 2.28. The molecule has 2 atom stereocenters. The van der Waals surface area contributed by atoms with E-state index in [0.29, 0.717) is 25.0 Å². The lowest BCUT2D eigenvalue weighted by molar-refractivity contribution is 0.148. The van der Waals surface area contributed by atoms with Crippen molar-refractivity contribution in [3.63, 3.8) is 0 Å². The second-order valence-corrected chi connectivity index (χ2v) is 7.77. The van der Waals surface area contributed by atoms with Gasteiger partial charge in [-0.3, -0.25) is 0 Å². The molecule has 5 nitrogen and oxygen atoms in total. The second kappa shape index (κ2) is 7.22. The fourth-order valence-corrected chi connectivity index (χ4v) is 4.04. The Bertz CT molecular complexity index is 377. The second-order valence-electron chi connectivity index (χ2n) is 5.79. The molecule has 7 heteroatoms. The molecule has 0 amide bonds. The minimum absolute atomic E-state index is 0. The van der Waals surface area contributed by atoms with Gasteiger partial charge in [-0.1, -0.05) is 0 Å². The summed E-state index contributed by atoms with van der Waals surface area (Å²) in [5.41, 5.74) is 5.98. The molecule has 2 saturated heterocycles. The first-order valence-electron chi connectivity index (χ1n) is 6.88. The Hall–Kier alpha value is 0.120. The highest BCUT2D eigenvalue weighted by molar-refractivity contribution is 7.88. The van der Waals surface area contributed by atoms with Crippen LogP contribution in [0.5, 0.6) is 0 Å². The van der Waals surface area contributed by atoms with Crippen LogP contribution in [0.25, 0.3) is 0 Å².